The minimum atomic E-state index is -0.194. The summed E-state index contributed by atoms with van der Waals surface area (Å²) < 4.78 is 1.65. The van der Waals surface area contributed by atoms with E-state index in [1.165, 1.54) is 0 Å². The van der Waals surface area contributed by atoms with E-state index >= 15 is 0 Å². The molecular weight excluding hydrogens is 232 g/mol. The molecule has 0 spiro atoms. The molecule has 0 aromatic carbocycles. The van der Waals surface area contributed by atoms with Gasteiger partial charge in [-0.05, 0) is 6.92 Å². The van der Waals surface area contributed by atoms with Crippen molar-refractivity contribution < 1.29 is 4.79 Å². The number of aromatic amines is 1. The van der Waals surface area contributed by atoms with Gasteiger partial charge in [0, 0.05) is 38.1 Å². The van der Waals surface area contributed by atoms with Gasteiger partial charge in [0.25, 0.3) is 5.91 Å². The van der Waals surface area contributed by atoms with Crippen molar-refractivity contribution in [3.63, 3.8) is 0 Å². The second-order valence-electron chi connectivity index (χ2n) is 4.06. The fourth-order valence-corrected chi connectivity index (χ4v) is 1.66. The monoisotopic (exact) mass is 248 g/mol. The van der Waals surface area contributed by atoms with E-state index in [2.05, 4.69) is 15.3 Å². The topological polar surface area (TPSA) is 92.8 Å². The van der Waals surface area contributed by atoms with Crippen LogP contribution < -0.4 is 5.73 Å². The van der Waals surface area contributed by atoms with Crippen LogP contribution >= 0.6 is 0 Å². The number of nitrogens with zero attached hydrogens (tertiary/aromatic N) is 4. The molecule has 0 saturated heterocycles. The molecule has 0 aliphatic carbocycles. The summed E-state index contributed by atoms with van der Waals surface area (Å²) in [5.41, 5.74) is 7.41. The summed E-state index contributed by atoms with van der Waals surface area (Å²) >= 11 is 0. The molecular formula is C11H16N6O. The van der Waals surface area contributed by atoms with E-state index in [9.17, 15) is 4.79 Å². The van der Waals surface area contributed by atoms with Crippen LogP contribution in [0.5, 0.6) is 0 Å². The Labute approximate surface area is 105 Å². The molecule has 0 aliphatic heterocycles. The summed E-state index contributed by atoms with van der Waals surface area (Å²) in [6.45, 7) is 3.09. The van der Waals surface area contributed by atoms with Crippen molar-refractivity contribution >= 4 is 11.6 Å². The molecule has 7 nitrogen and oxygen atoms in total. The Kier molecular flexibility index (Phi) is 3.31. The number of hydrogen-bond donors (Lipinski definition) is 2. The van der Waals surface area contributed by atoms with Gasteiger partial charge in [-0.15, -0.1) is 0 Å². The highest BCUT2D eigenvalue weighted by Crippen LogP contribution is 2.12. The van der Waals surface area contributed by atoms with Gasteiger partial charge in [0.2, 0.25) is 0 Å². The lowest BCUT2D eigenvalue weighted by Crippen LogP contribution is -2.27. The number of aromatic nitrogens is 4. The number of anilines is 1. The highest BCUT2D eigenvalue weighted by molar-refractivity contribution is 5.96. The van der Waals surface area contributed by atoms with Crippen LogP contribution in [0.1, 0.15) is 23.0 Å². The molecule has 2 aromatic heterocycles. The molecule has 1 amide bonds. The van der Waals surface area contributed by atoms with Gasteiger partial charge in [0.05, 0.1) is 11.9 Å². The van der Waals surface area contributed by atoms with E-state index in [0.717, 1.165) is 5.56 Å². The summed E-state index contributed by atoms with van der Waals surface area (Å²) in [4.78, 5) is 13.7. The first-order valence-electron chi connectivity index (χ1n) is 5.68. The molecule has 0 bridgehead atoms. The van der Waals surface area contributed by atoms with Crippen LogP contribution in [-0.2, 0) is 13.1 Å². The van der Waals surface area contributed by atoms with Gasteiger partial charge < -0.3 is 10.6 Å². The Balaban J connectivity index is 2.12. The average Bonchev–Trinajstić information content (AvgIpc) is 2.97. The Bertz CT molecular complexity index is 530. The third-order valence-corrected chi connectivity index (χ3v) is 2.64. The van der Waals surface area contributed by atoms with E-state index in [0.29, 0.717) is 24.5 Å². The molecule has 2 rings (SSSR count). The maximum absolute atomic E-state index is 12.2. The standard InChI is InChI=1S/C11H16N6O/c1-3-17-7-9(12)10(15-17)11(18)16(2)6-8-4-13-14-5-8/h4-5,7H,3,6,12H2,1-2H3,(H,13,14). The Hall–Kier alpha value is -2.31. The molecule has 7 heteroatoms. The number of carbonyl (C=O) groups excluding carboxylic acids is 1. The largest absolute Gasteiger partial charge is 0.396 e. The number of amides is 1. The third-order valence-electron chi connectivity index (χ3n) is 2.64. The summed E-state index contributed by atoms with van der Waals surface area (Å²) in [6, 6.07) is 0. The van der Waals surface area contributed by atoms with E-state index < -0.39 is 0 Å². The summed E-state index contributed by atoms with van der Waals surface area (Å²) in [5, 5.41) is 10.7. The molecule has 3 N–H and O–H groups in total. The van der Waals surface area contributed by atoms with Crippen molar-refractivity contribution in [2.45, 2.75) is 20.0 Å². The lowest BCUT2D eigenvalue weighted by molar-refractivity contribution is 0.0779. The third kappa shape index (κ3) is 2.34. The maximum atomic E-state index is 12.2. The van der Waals surface area contributed by atoms with E-state index in [-0.39, 0.29) is 5.91 Å². The van der Waals surface area contributed by atoms with Crippen molar-refractivity contribution in [1.82, 2.24) is 24.9 Å². The number of H-pyrrole nitrogens is 1. The Morgan fingerprint density at radius 3 is 2.94 bits per heavy atom. The fraction of sp³-hybridized carbons (Fsp3) is 0.364. The van der Waals surface area contributed by atoms with Gasteiger partial charge in [-0.25, -0.2) is 0 Å². The van der Waals surface area contributed by atoms with E-state index in [1.54, 1.807) is 35.2 Å². The lowest BCUT2D eigenvalue weighted by atomic mass is 10.3. The summed E-state index contributed by atoms with van der Waals surface area (Å²) in [6.07, 6.45) is 5.09. The smallest absolute Gasteiger partial charge is 0.276 e. The highest BCUT2D eigenvalue weighted by atomic mass is 16.2. The van der Waals surface area contributed by atoms with Crippen molar-refractivity contribution in [3.8, 4) is 0 Å². The normalized spacial score (nSPS) is 10.6. The van der Waals surface area contributed by atoms with E-state index in [1.807, 2.05) is 6.92 Å². The van der Waals surface area contributed by atoms with Gasteiger partial charge in [0.1, 0.15) is 0 Å². The summed E-state index contributed by atoms with van der Waals surface area (Å²) in [5.74, 6) is -0.194. The van der Waals surface area contributed by atoms with Crippen LogP contribution in [0.15, 0.2) is 18.6 Å². The van der Waals surface area contributed by atoms with Crippen molar-refractivity contribution in [2.75, 3.05) is 12.8 Å². The van der Waals surface area contributed by atoms with Crippen LogP contribution in [0.25, 0.3) is 0 Å². The molecule has 0 saturated carbocycles. The van der Waals surface area contributed by atoms with Crippen LogP contribution in [0.4, 0.5) is 5.69 Å². The number of nitrogens with two attached hydrogens (primary N) is 1. The van der Waals surface area contributed by atoms with Crippen LogP contribution in [0, 0.1) is 0 Å². The molecule has 2 heterocycles. The first-order valence-corrected chi connectivity index (χ1v) is 5.68. The Morgan fingerprint density at radius 2 is 2.39 bits per heavy atom. The number of hydrogen-bond acceptors (Lipinski definition) is 4. The molecule has 0 unspecified atom stereocenters. The molecule has 2 aromatic rings. The quantitative estimate of drug-likeness (QED) is 0.823. The van der Waals surface area contributed by atoms with Crippen molar-refractivity contribution in [3.05, 3.63) is 29.8 Å². The van der Waals surface area contributed by atoms with Gasteiger partial charge in [0.15, 0.2) is 5.69 Å². The van der Waals surface area contributed by atoms with Gasteiger partial charge in [-0.1, -0.05) is 0 Å². The van der Waals surface area contributed by atoms with Crippen molar-refractivity contribution in [1.29, 1.82) is 0 Å². The van der Waals surface area contributed by atoms with Gasteiger partial charge >= 0.3 is 0 Å². The molecule has 0 aliphatic rings. The van der Waals surface area contributed by atoms with Crippen LogP contribution in [0.3, 0.4) is 0 Å². The minimum Gasteiger partial charge on any atom is -0.396 e. The second kappa shape index (κ2) is 4.91. The predicted octanol–water partition coefficient (Wildman–Crippen LogP) is 0.480. The first-order chi connectivity index (χ1) is 8.61. The zero-order chi connectivity index (χ0) is 13.1. The zero-order valence-electron chi connectivity index (χ0n) is 10.4. The first kappa shape index (κ1) is 12.2. The molecule has 0 fully saturated rings. The molecule has 18 heavy (non-hydrogen) atoms. The number of carbonyl (C=O) groups is 1. The zero-order valence-corrected chi connectivity index (χ0v) is 10.4. The fourth-order valence-electron chi connectivity index (χ4n) is 1.66. The van der Waals surface area contributed by atoms with Crippen LogP contribution in [-0.4, -0.2) is 37.8 Å². The van der Waals surface area contributed by atoms with Crippen LogP contribution in [0.2, 0.25) is 0 Å². The SMILES string of the molecule is CCn1cc(N)c(C(=O)N(C)Cc2cn[nH]c2)n1. The molecule has 0 atom stereocenters. The average molecular weight is 248 g/mol. The van der Waals surface area contributed by atoms with Gasteiger partial charge in [-0.2, -0.15) is 10.2 Å². The summed E-state index contributed by atoms with van der Waals surface area (Å²) in [7, 11) is 1.71. The maximum Gasteiger partial charge on any atom is 0.276 e. The second-order valence-corrected chi connectivity index (χ2v) is 4.06. The number of nitrogens with one attached hydrogen (secondary N) is 1. The predicted molar refractivity (Wildman–Crippen MR) is 66.7 cm³/mol. The number of nitrogen functional groups attached to an aromatic ring is 1. The van der Waals surface area contributed by atoms with Crippen molar-refractivity contribution in [2.24, 2.45) is 0 Å². The lowest BCUT2D eigenvalue weighted by Gasteiger charge is -2.14. The number of aryl methyl sites for hydroxylation is 1. The van der Waals surface area contributed by atoms with E-state index in [4.69, 9.17) is 5.73 Å². The minimum absolute atomic E-state index is 0.194. The highest BCUT2D eigenvalue weighted by Gasteiger charge is 2.19. The van der Waals surface area contributed by atoms with Gasteiger partial charge in [-0.3, -0.25) is 14.6 Å². The number of rotatable bonds is 4. The molecule has 0 radical (unpaired) electrons. The molecule has 96 valence electrons. The Morgan fingerprint density at radius 1 is 1.61 bits per heavy atom.